The maximum Gasteiger partial charge on any atom is 0.333 e. The van der Waals surface area contributed by atoms with Gasteiger partial charge >= 0.3 is 6.03 Å². The van der Waals surface area contributed by atoms with Crippen molar-refractivity contribution < 1.29 is 9.59 Å². The van der Waals surface area contributed by atoms with E-state index in [0.29, 0.717) is 28.0 Å². The third-order valence-corrected chi connectivity index (χ3v) is 5.65. The Labute approximate surface area is 209 Å². The molecule has 2 aromatic carbocycles. The highest BCUT2D eigenvalue weighted by atomic mass is 35.5. The summed E-state index contributed by atoms with van der Waals surface area (Å²) < 4.78 is 1.48. The maximum absolute atomic E-state index is 12.5. The highest BCUT2D eigenvalue weighted by molar-refractivity contribution is 6.31. The number of hydrogen-bond acceptors (Lipinski definition) is 4. The van der Waals surface area contributed by atoms with Crippen LogP contribution in [0.2, 0.25) is 10.0 Å². The number of carbonyl (C=O) groups is 2. The Hall–Kier alpha value is -3.10. The molecular weight excluding hydrogens is 475 g/mol. The topological polar surface area (TPSA) is 101 Å². The van der Waals surface area contributed by atoms with Crippen molar-refractivity contribution in [1.82, 2.24) is 31.2 Å². The summed E-state index contributed by atoms with van der Waals surface area (Å²) in [5.74, 6) is -0.444. The van der Waals surface area contributed by atoms with Gasteiger partial charge in [0.1, 0.15) is 12.2 Å². The molecule has 3 aromatic rings. The molecule has 0 bridgehead atoms. The van der Waals surface area contributed by atoms with Crippen LogP contribution >= 0.6 is 23.2 Å². The Morgan fingerprint density at radius 3 is 2.12 bits per heavy atom. The van der Waals surface area contributed by atoms with Gasteiger partial charge in [-0.3, -0.25) is 10.2 Å². The van der Waals surface area contributed by atoms with Crippen molar-refractivity contribution in [3.63, 3.8) is 0 Å². The van der Waals surface area contributed by atoms with Crippen LogP contribution in [0, 0.1) is 0 Å². The number of unbranched alkanes of at least 4 members (excludes halogenated alkanes) is 4. The van der Waals surface area contributed by atoms with Gasteiger partial charge in [0.2, 0.25) is 0 Å². The molecule has 8 nitrogen and oxygen atoms in total. The lowest BCUT2D eigenvalue weighted by Gasteiger charge is -2.11. The van der Waals surface area contributed by atoms with Crippen molar-refractivity contribution >= 4 is 35.1 Å². The van der Waals surface area contributed by atoms with Gasteiger partial charge in [-0.15, -0.1) is 5.10 Å². The molecule has 0 spiro atoms. The number of benzene rings is 2. The number of hydrogen-bond donors (Lipinski definition) is 3. The third-order valence-electron chi connectivity index (χ3n) is 5.15. The number of urea groups is 1. The first-order chi connectivity index (χ1) is 16.5. The van der Waals surface area contributed by atoms with Crippen molar-refractivity contribution in [3.05, 3.63) is 58.6 Å². The largest absolute Gasteiger partial charge is 0.337 e. The zero-order valence-corrected chi connectivity index (χ0v) is 20.5. The van der Waals surface area contributed by atoms with Crippen LogP contribution in [0.3, 0.4) is 0 Å². The minimum absolute atomic E-state index is 0.143. The van der Waals surface area contributed by atoms with Crippen molar-refractivity contribution in [1.29, 1.82) is 0 Å². The van der Waals surface area contributed by atoms with Crippen molar-refractivity contribution in [2.45, 2.75) is 45.6 Å². The van der Waals surface area contributed by atoms with Gasteiger partial charge in [-0.2, -0.15) is 0 Å². The molecule has 0 saturated carbocycles. The Bertz CT molecular complexity index is 1080. The van der Waals surface area contributed by atoms with Crippen LogP contribution < -0.4 is 16.2 Å². The van der Waals surface area contributed by atoms with E-state index in [1.54, 1.807) is 24.3 Å². The van der Waals surface area contributed by atoms with E-state index in [1.165, 1.54) is 17.5 Å². The highest BCUT2D eigenvalue weighted by Crippen LogP contribution is 2.31. The van der Waals surface area contributed by atoms with E-state index in [2.05, 4.69) is 33.4 Å². The molecule has 0 unspecified atom stereocenters. The van der Waals surface area contributed by atoms with Crippen LogP contribution in [0.25, 0.3) is 22.5 Å². The minimum Gasteiger partial charge on any atom is -0.337 e. The summed E-state index contributed by atoms with van der Waals surface area (Å²) in [4.78, 5) is 24.4. The molecule has 34 heavy (non-hydrogen) atoms. The predicted molar refractivity (Wildman–Crippen MR) is 134 cm³/mol. The quantitative estimate of drug-likeness (QED) is 0.261. The van der Waals surface area contributed by atoms with Crippen LogP contribution in [0.15, 0.2) is 48.5 Å². The molecule has 1 heterocycles. The molecule has 0 fully saturated rings. The zero-order chi connectivity index (χ0) is 24.3. The van der Waals surface area contributed by atoms with Gasteiger partial charge in [0.25, 0.3) is 5.91 Å². The number of amides is 3. The van der Waals surface area contributed by atoms with E-state index in [9.17, 15) is 9.59 Å². The zero-order valence-electron chi connectivity index (χ0n) is 19.0. The number of aromatic nitrogens is 3. The molecule has 3 amide bonds. The van der Waals surface area contributed by atoms with Gasteiger partial charge in [0, 0.05) is 27.7 Å². The fourth-order valence-electron chi connectivity index (χ4n) is 3.40. The number of halogens is 2. The molecule has 0 radical (unpaired) electrons. The van der Waals surface area contributed by atoms with Gasteiger partial charge in [-0.25, -0.2) is 14.9 Å². The first-order valence-corrected chi connectivity index (χ1v) is 12.0. The first-order valence-electron chi connectivity index (χ1n) is 11.3. The Morgan fingerprint density at radius 1 is 0.853 bits per heavy atom. The van der Waals surface area contributed by atoms with E-state index < -0.39 is 11.9 Å². The second kappa shape index (κ2) is 13.0. The summed E-state index contributed by atoms with van der Waals surface area (Å²) in [6.45, 7) is 2.57. The van der Waals surface area contributed by atoms with Crippen LogP contribution in [0.5, 0.6) is 0 Å². The molecule has 3 rings (SSSR count). The van der Waals surface area contributed by atoms with Gasteiger partial charge < -0.3 is 5.32 Å². The molecule has 180 valence electrons. The third kappa shape index (κ3) is 7.46. The number of hydrazine groups is 1. The molecule has 10 heteroatoms. The second-order valence-corrected chi connectivity index (χ2v) is 8.67. The molecule has 0 aliphatic rings. The standard InChI is InChI=1S/C24H28Cl2N6O2/c1-2-3-4-5-6-15-27-24(34)30-28-21(33)16-32-23(18-9-13-20(26)14-10-18)22(29-31-32)17-7-11-19(25)12-8-17/h7-14H,2-6,15-16H2,1H3,(H,28,33)(H2,27,30,34). The van der Waals surface area contributed by atoms with Gasteiger partial charge in [-0.05, 0) is 30.7 Å². The lowest BCUT2D eigenvalue weighted by Crippen LogP contribution is -2.48. The smallest absolute Gasteiger partial charge is 0.333 e. The summed E-state index contributed by atoms with van der Waals surface area (Å²) in [7, 11) is 0. The summed E-state index contributed by atoms with van der Waals surface area (Å²) in [5, 5.41) is 12.4. The fourth-order valence-corrected chi connectivity index (χ4v) is 3.65. The number of nitrogens with zero attached hydrogens (tertiary/aromatic N) is 3. The van der Waals surface area contributed by atoms with Crippen molar-refractivity contribution in [2.75, 3.05) is 6.54 Å². The van der Waals surface area contributed by atoms with E-state index in [-0.39, 0.29) is 6.54 Å². The number of carbonyl (C=O) groups excluding carboxylic acids is 2. The normalized spacial score (nSPS) is 10.7. The van der Waals surface area contributed by atoms with Crippen molar-refractivity contribution in [2.24, 2.45) is 0 Å². The molecule has 0 atom stereocenters. The van der Waals surface area contributed by atoms with Crippen molar-refractivity contribution in [3.8, 4) is 22.5 Å². The van der Waals surface area contributed by atoms with Gasteiger partial charge in [-0.1, -0.05) is 85.3 Å². The average molecular weight is 503 g/mol. The van der Waals surface area contributed by atoms with E-state index in [1.807, 2.05) is 24.3 Å². The number of rotatable bonds is 10. The number of nitrogens with one attached hydrogen (secondary N) is 3. The highest BCUT2D eigenvalue weighted by Gasteiger charge is 2.19. The van der Waals surface area contributed by atoms with E-state index in [0.717, 1.165) is 30.4 Å². The summed E-state index contributed by atoms with van der Waals surface area (Å²) in [6.07, 6.45) is 5.49. The SMILES string of the molecule is CCCCCCCNC(=O)NNC(=O)Cn1nnc(-c2ccc(Cl)cc2)c1-c1ccc(Cl)cc1. The maximum atomic E-state index is 12.5. The summed E-state index contributed by atoms with van der Waals surface area (Å²) >= 11 is 12.1. The molecule has 0 saturated heterocycles. The van der Waals surface area contributed by atoms with Crippen LogP contribution in [-0.4, -0.2) is 33.5 Å². The van der Waals surface area contributed by atoms with Crippen LogP contribution in [0.4, 0.5) is 4.79 Å². The van der Waals surface area contributed by atoms with Gasteiger partial charge in [0.15, 0.2) is 0 Å². The Morgan fingerprint density at radius 2 is 1.47 bits per heavy atom. The Kier molecular flexibility index (Phi) is 9.73. The molecule has 3 N–H and O–H groups in total. The van der Waals surface area contributed by atoms with Crippen LogP contribution in [-0.2, 0) is 11.3 Å². The second-order valence-electron chi connectivity index (χ2n) is 7.80. The molecule has 0 aliphatic carbocycles. The first kappa shape index (κ1) is 25.5. The minimum atomic E-state index is -0.456. The van der Waals surface area contributed by atoms with Crippen LogP contribution in [0.1, 0.15) is 39.0 Å². The van der Waals surface area contributed by atoms with E-state index >= 15 is 0 Å². The molecule has 1 aromatic heterocycles. The fraction of sp³-hybridized carbons (Fsp3) is 0.333. The van der Waals surface area contributed by atoms with E-state index in [4.69, 9.17) is 23.2 Å². The summed E-state index contributed by atoms with van der Waals surface area (Å²) in [6, 6.07) is 13.9. The summed E-state index contributed by atoms with van der Waals surface area (Å²) in [5.41, 5.74) is 7.62. The van der Waals surface area contributed by atoms with Gasteiger partial charge in [0.05, 0.1) is 5.69 Å². The molecule has 0 aliphatic heterocycles. The predicted octanol–water partition coefficient (Wildman–Crippen LogP) is 5.22. The Balaban J connectivity index is 1.64. The average Bonchev–Trinajstić information content (AvgIpc) is 3.24. The monoisotopic (exact) mass is 502 g/mol. The lowest BCUT2D eigenvalue weighted by molar-refractivity contribution is -0.122. The lowest BCUT2D eigenvalue weighted by atomic mass is 10.0. The molecular formula is C24H28Cl2N6O2.